The van der Waals surface area contributed by atoms with E-state index in [2.05, 4.69) is 9.72 Å². The van der Waals surface area contributed by atoms with Crippen LogP contribution in [-0.4, -0.2) is 24.3 Å². The number of esters is 1. The Labute approximate surface area is 141 Å². The Bertz CT molecular complexity index is 762. The predicted molar refractivity (Wildman–Crippen MR) is 80.8 cm³/mol. The largest absolute Gasteiger partial charge is 0.473 e. The van der Waals surface area contributed by atoms with Crippen LogP contribution >= 0.6 is 0 Å². The van der Waals surface area contributed by atoms with Gasteiger partial charge in [-0.05, 0) is 17.2 Å². The number of alkyl halides is 3. The Hall–Kier alpha value is -2.90. The number of methoxy groups -OCH3 is 1. The Morgan fingerprint density at radius 3 is 2.56 bits per heavy atom. The molecule has 1 atom stereocenters. The van der Waals surface area contributed by atoms with Gasteiger partial charge in [-0.2, -0.15) is 13.2 Å². The van der Waals surface area contributed by atoms with Gasteiger partial charge >= 0.3 is 12.1 Å². The Morgan fingerprint density at radius 2 is 1.92 bits per heavy atom. The predicted octanol–water partition coefficient (Wildman–Crippen LogP) is 3.13. The first-order chi connectivity index (χ1) is 11.9. The van der Waals surface area contributed by atoms with Gasteiger partial charge in [-0.15, -0.1) is 0 Å². The quantitative estimate of drug-likeness (QED) is 0.453. The van der Waals surface area contributed by atoms with Gasteiger partial charge in [-0.3, -0.25) is 4.79 Å². The second-order valence-electron chi connectivity index (χ2n) is 4.98. The van der Waals surface area contributed by atoms with Crippen molar-refractivity contribution in [3.05, 3.63) is 59.3 Å². The number of pyridine rings is 1. The van der Waals surface area contributed by atoms with Gasteiger partial charge in [0.1, 0.15) is 24.5 Å². The monoisotopic (exact) mass is 353 g/mol. The molecule has 0 aliphatic rings. The van der Waals surface area contributed by atoms with Gasteiger partial charge in [0.25, 0.3) is 0 Å². The first-order valence-electron chi connectivity index (χ1n) is 7.14. The Balaban J connectivity index is 2.22. The highest BCUT2D eigenvalue weighted by Crippen LogP contribution is 2.29. The number of hydrogen-bond acceptors (Lipinski definition) is 5. The van der Waals surface area contributed by atoms with Gasteiger partial charge in [-0.1, -0.05) is 30.3 Å². The third kappa shape index (κ3) is 4.56. The number of carbonyl (C=O) groups is 2. The molecular formula is C17H14F3NO4. The molecule has 132 valence electrons. The molecule has 0 N–H and O–H groups in total. The maximum absolute atomic E-state index is 12.7. The summed E-state index contributed by atoms with van der Waals surface area (Å²) >= 11 is 0. The van der Waals surface area contributed by atoms with Crippen molar-refractivity contribution in [1.29, 1.82) is 0 Å². The van der Waals surface area contributed by atoms with E-state index in [-0.39, 0.29) is 12.5 Å². The summed E-state index contributed by atoms with van der Waals surface area (Å²) in [5, 5.41) is 0. The van der Waals surface area contributed by atoms with Crippen molar-refractivity contribution in [3.8, 4) is 5.88 Å². The number of ether oxygens (including phenoxy) is 2. The van der Waals surface area contributed by atoms with Crippen molar-refractivity contribution in [2.45, 2.75) is 18.7 Å². The number of nitrogens with zero attached hydrogens (tertiary/aromatic N) is 1. The van der Waals surface area contributed by atoms with Gasteiger partial charge in [0.15, 0.2) is 0 Å². The van der Waals surface area contributed by atoms with Crippen LogP contribution in [0.3, 0.4) is 0 Å². The van der Waals surface area contributed by atoms with Crippen molar-refractivity contribution >= 4 is 12.3 Å². The fraction of sp³-hybridized carbons (Fsp3) is 0.235. The zero-order chi connectivity index (χ0) is 18.4. The molecule has 2 rings (SSSR count). The fourth-order valence-corrected chi connectivity index (χ4v) is 2.16. The van der Waals surface area contributed by atoms with Crippen LogP contribution < -0.4 is 4.74 Å². The number of rotatable bonds is 6. The lowest BCUT2D eigenvalue weighted by Gasteiger charge is -2.14. The highest BCUT2D eigenvalue weighted by molar-refractivity contribution is 5.94. The van der Waals surface area contributed by atoms with Crippen LogP contribution in [0.4, 0.5) is 13.2 Å². The molecular weight excluding hydrogens is 339 g/mol. The molecule has 25 heavy (non-hydrogen) atoms. The molecule has 1 aromatic carbocycles. The first-order valence-corrected chi connectivity index (χ1v) is 7.14. The van der Waals surface area contributed by atoms with Gasteiger partial charge < -0.3 is 14.3 Å². The molecule has 0 bridgehead atoms. The molecule has 0 aliphatic heterocycles. The molecule has 0 saturated carbocycles. The highest BCUT2D eigenvalue weighted by atomic mass is 19.4. The van der Waals surface area contributed by atoms with E-state index in [1.54, 1.807) is 24.3 Å². The molecule has 5 nitrogen and oxygen atoms in total. The summed E-state index contributed by atoms with van der Waals surface area (Å²) < 4.78 is 47.9. The Morgan fingerprint density at radius 1 is 1.20 bits per heavy atom. The molecule has 0 spiro atoms. The van der Waals surface area contributed by atoms with E-state index < -0.39 is 23.8 Å². The van der Waals surface area contributed by atoms with Crippen LogP contribution in [0.2, 0.25) is 0 Å². The van der Waals surface area contributed by atoms with Gasteiger partial charge in [0.05, 0.1) is 7.11 Å². The fourth-order valence-electron chi connectivity index (χ4n) is 2.16. The lowest BCUT2D eigenvalue weighted by Crippen LogP contribution is -2.18. The number of aromatic nitrogens is 1. The van der Waals surface area contributed by atoms with E-state index in [1.165, 1.54) is 12.1 Å². The van der Waals surface area contributed by atoms with Crippen LogP contribution in [0.15, 0.2) is 42.5 Å². The van der Waals surface area contributed by atoms with E-state index >= 15 is 0 Å². The summed E-state index contributed by atoms with van der Waals surface area (Å²) in [5.41, 5.74) is -0.251. The minimum absolute atomic E-state index is 0.161. The van der Waals surface area contributed by atoms with Crippen LogP contribution in [0.25, 0.3) is 0 Å². The van der Waals surface area contributed by atoms with Gasteiger partial charge in [-0.25, -0.2) is 4.98 Å². The Kier molecular flexibility index (Phi) is 5.74. The molecule has 0 saturated heterocycles. The molecule has 0 radical (unpaired) electrons. The number of halogens is 3. The van der Waals surface area contributed by atoms with Crippen LogP contribution in [0.1, 0.15) is 22.7 Å². The smallest absolute Gasteiger partial charge is 0.433 e. The molecule has 1 unspecified atom stereocenters. The van der Waals surface area contributed by atoms with Gasteiger partial charge in [0.2, 0.25) is 5.88 Å². The first kappa shape index (κ1) is 18.4. The zero-order valence-electron chi connectivity index (χ0n) is 13.1. The molecule has 1 heterocycles. The van der Waals surface area contributed by atoms with E-state index in [4.69, 9.17) is 4.74 Å². The SMILES string of the molecule is COC(=O)C(C=O)c1ccccc1COc1cccc(C(F)(F)F)n1. The lowest BCUT2D eigenvalue weighted by atomic mass is 9.95. The normalized spacial score (nSPS) is 12.3. The van der Waals surface area contributed by atoms with E-state index in [0.717, 1.165) is 13.2 Å². The minimum Gasteiger partial charge on any atom is -0.473 e. The number of hydrogen-bond donors (Lipinski definition) is 0. The van der Waals surface area contributed by atoms with E-state index in [0.29, 0.717) is 17.4 Å². The standard InChI is InChI=1S/C17H14F3NO4/c1-24-16(23)13(9-22)12-6-3-2-5-11(12)10-25-15-8-4-7-14(21-15)17(18,19)20/h2-9,13H,10H2,1H3. The van der Waals surface area contributed by atoms with Crippen molar-refractivity contribution in [1.82, 2.24) is 4.98 Å². The summed E-state index contributed by atoms with van der Waals surface area (Å²) in [6, 6.07) is 9.73. The maximum Gasteiger partial charge on any atom is 0.433 e. The summed E-state index contributed by atoms with van der Waals surface area (Å²) in [7, 11) is 1.16. The molecule has 0 aliphatic carbocycles. The van der Waals surface area contributed by atoms with Crippen molar-refractivity contribution in [3.63, 3.8) is 0 Å². The van der Waals surface area contributed by atoms with Gasteiger partial charge in [0, 0.05) is 6.07 Å². The summed E-state index contributed by atoms with van der Waals surface area (Å²) in [6.45, 7) is -0.161. The third-order valence-electron chi connectivity index (χ3n) is 3.37. The minimum atomic E-state index is -4.58. The molecule has 2 aromatic rings. The molecule has 0 fully saturated rings. The summed E-state index contributed by atoms with van der Waals surface area (Å²) in [4.78, 5) is 26.3. The van der Waals surface area contributed by atoms with Crippen LogP contribution in [-0.2, 0) is 27.1 Å². The third-order valence-corrected chi connectivity index (χ3v) is 3.37. The van der Waals surface area contributed by atoms with Crippen LogP contribution in [0, 0.1) is 0 Å². The number of carbonyl (C=O) groups excluding carboxylic acids is 2. The number of benzene rings is 1. The summed E-state index contributed by atoms with van der Waals surface area (Å²) in [6.07, 6.45) is -4.14. The number of aldehydes is 1. The molecule has 8 heteroatoms. The molecule has 0 amide bonds. The highest BCUT2D eigenvalue weighted by Gasteiger charge is 2.32. The zero-order valence-corrected chi connectivity index (χ0v) is 13.1. The van der Waals surface area contributed by atoms with Crippen molar-refractivity contribution in [2.24, 2.45) is 0 Å². The molecule has 1 aromatic heterocycles. The topological polar surface area (TPSA) is 65.5 Å². The maximum atomic E-state index is 12.7. The second-order valence-corrected chi connectivity index (χ2v) is 4.98. The van der Waals surface area contributed by atoms with Crippen molar-refractivity contribution in [2.75, 3.05) is 7.11 Å². The average molecular weight is 353 g/mol. The van der Waals surface area contributed by atoms with Crippen molar-refractivity contribution < 1.29 is 32.2 Å². The summed E-state index contributed by atoms with van der Waals surface area (Å²) in [5.74, 6) is -2.09. The van der Waals surface area contributed by atoms with E-state index in [1.807, 2.05) is 0 Å². The average Bonchev–Trinajstić information content (AvgIpc) is 2.61. The second kappa shape index (κ2) is 7.78. The van der Waals surface area contributed by atoms with Crippen LogP contribution in [0.5, 0.6) is 5.88 Å². The lowest BCUT2D eigenvalue weighted by molar-refractivity contribution is -0.144. The van der Waals surface area contributed by atoms with E-state index in [9.17, 15) is 22.8 Å².